The lowest BCUT2D eigenvalue weighted by atomic mass is 10.1. The molecule has 8 nitrogen and oxygen atoms in total. The summed E-state index contributed by atoms with van der Waals surface area (Å²) in [5, 5.41) is 3.87. The normalized spacial score (nSPS) is 10.6. The minimum Gasteiger partial charge on any atom is -0.497 e. The fourth-order valence-electron chi connectivity index (χ4n) is 2.60. The molecule has 3 rings (SSSR count). The van der Waals surface area contributed by atoms with Crippen molar-refractivity contribution in [1.29, 1.82) is 0 Å². The molecular weight excluding hydrogens is 400 g/mol. The number of amides is 1. The summed E-state index contributed by atoms with van der Waals surface area (Å²) in [5.74, 6) is 1.43. The van der Waals surface area contributed by atoms with Crippen LogP contribution in [0, 0.1) is 0 Å². The number of hydrazone groups is 1. The van der Waals surface area contributed by atoms with E-state index >= 15 is 0 Å². The maximum atomic E-state index is 11.9. The van der Waals surface area contributed by atoms with Crippen molar-refractivity contribution in [2.24, 2.45) is 5.10 Å². The van der Waals surface area contributed by atoms with Gasteiger partial charge in [0.05, 0.1) is 25.5 Å². The molecular formula is C23H22N2O6. The molecule has 0 unspecified atom stereocenters. The van der Waals surface area contributed by atoms with Gasteiger partial charge < -0.3 is 18.6 Å². The standard InChI is InChI=1S/C23H22N2O6/c1-3-29-23(27)17-9-7-16(8-10-17)21-12-11-20(31-21)14-24-25-22(26)15-30-19-6-4-5-18(13-19)28-2/h4-14H,3,15H2,1-2H3,(H,25,26). The number of hydrogen-bond donors (Lipinski definition) is 1. The predicted octanol–water partition coefficient (Wildman–Crippen LogP) is 3.66. The van der Waals surface area contributed by atoms with Crippen molar-refractivity contribution in [3.05, 3.63) is 72.0 Å². The lowest BCUT2D eigenvalue weighted by Crippen LogP contribution is -2.24. The number of ether oxygens (including phenoxy) is 3. The Morgan fingerprint density at radius 3 is 2.58 bits per heavy atom. The first kappa shape index (κ1) is 21.6. The molecule has 0 spiro atoms. The third-order valence-corrected chi connectivity index (χ3v) is 4.10. The maximum absolute atomic E-state index is 11.9. The van der Waals surface area contributed by atoms with E-state index in [-0.39, 0.29) is 12.6 Å². The molecule has 0 atom stereocenters. The average Bonchev–Trinajstić information content (AvgIpc) is 3.27. The molecule has 160 valence electrons. The summed E-state index contributed by atoms with van der Waals surface area (Å²) in [7, 11) is 1.55. The fourth-order valence-corrected chi connectivity index (χ4v) is 2.60. The molecule has 1 heterocycles. The van der Waals surface area contributed by atoms with Crippen molar-refractivity contribution in [3.63, 3.8) is 0 Å². The van der Waals surface area contributed by atoms with Gasteiger partial charge in [-0.15, -0.1) is 0 Å². The molecule has 0 aliphatic carbocycles. The van der Waals surface area contributed by atoms with Crippen molar-refractivity contribution in [2.45, 2.75) is 6.92 Å². The van der Waals surface area contributed by atoms with E-state index < -0.39 is 5.91 Å². The Hall–Kier alpha value is -4.07. The highest BCUT2D eigenvalue weighted by Crippen LogP contribution is 2.22. The van der Waals surface area contributed by atoms with E-state index in [0.29, 0.717) is 35.2 Å². The zero-order chi connectivity index (χ0) is 22.1. The van der Waals surface area contributed by atoms with E-state index in [4.69, 9.17) is 18.6 Å². The van der Waals surface area contributed by atoms with Crippen LogP contribution in [-0.2, 0) is 9.53 Å². The number of benzene rings is 2. The highest BCUT2D eigenvalue weighted by molar-refractivity contribution is 5.90. The predicted molar refractivity (Wildman–Crippen MR) is 114 cm³/mol. The topological polar surface area (TPSA) is 99.4 Å². The van der Waals surface area contributed by atoms with Crippen LogP contribution in [0.3, 0.4) is 0 Å². The van der Waals surface area contributed by atoms with Crippen molar-refractivity contribution in [3.8, 4) is 22.8 Å². The third-order valence-electron chi connectivity index (χ3n) is 4.10. The van der Waals surface area contributed by atoms with Gasteiger partial charge in [-0.2, -0.15) is 5.10 Å². The molecule has 0 saturated carbocycles. The van der Waals surface area contributed by atoms with Crippen LogP contribution in [0.4, 0.5) is 0 Å². The number of rotatable bonds is 9. The molecule has 0 fully saturated rings. The van der Waals surface area contributed by atoms with Crippen LogP contribution in [0.25, 0.3) is 11.3 Å². The van der Waals surface area contributed by atoms with Crippen molar-refractivity contribution < 1.29 is 28.2 Å². The third kappa shape index (κ3) is 6.20. The van der Waals surface area contributed by atoms with E-state index in [1.807, 2.05) is 0 Å². The molecule has 1 amide bonds. The van der Waals surface area contributed by atoms with Crippen molar-refractivity contribution >= 4 is 18.1 Å². The summed E-state index contributed by atoms with van der Waals surface area (Å²) in [5.41, 5.74) is 3.64. The summed E-state index contributed by atoms with van der Waals surface area (Å²) >= 11 is 0. The SMILES string of the molecule is CCOC(=O)c1ccc(-c2ccc(C=NNC(=O)COc3cccc(OC)c3)o2)cc1. The van der Waals surface area contributed by atoms with Gasteiger partial charge in [0.15, 0.2) is 6.61 Å². The van der Waals surface area contributed by atoms with E-state index in [1.54, 1.807) is 74.7 Å². The summed E-state index contributed by atoms with van der Waals surface area (Å²) in [6.07, 6.45) is 1.39. The number of carbonyl (C=O) groups excluding carboxylic acids is 2. The number of furan rings is 1. The largest absolute Gasteiger partial charge is 0.497 e. The smallest absolute Gasteiger partial charge is 0.338 e. The molecule has 1 N–H and O–H groups in total. The lowest BCUT2D eigenvalue weighted by Gasteiger charge is -2.06. The number of hydrogen-bond acceptors (Lipinski definition) is 7. The summed E-state index contributed by atoms with van der Waals surface area (Å²) < 4.78 is 21.2. The molecule has 0 bridgehead atoms. The molecule has 8 heteroatoms. The summed E-state index contributed by atoms with van der Waals surface area (Å²) in [6, 6.07) is 17.3. The molecule has 0 saturated heterocycles. The number of nitrogens with zero attached hydrogens (tertiary/aromatic N) is 1. The van der Waals surface area contributed by atoms with Crippen LogP contribution in [0.1, 0.15) is 23.0 Å². The Morgan fingerprint density at radius 1 is 1.06 bits per heavy atom. The zero-order valence-corrected chi connectivity index (χ0v) is 17.2. The molecule has 0 aliphatic rings. The van der Waals surface area contributed by atoms with Crippen LogP contribution in [0.2, 0.25) is 0 Å². The van der Waals surface area contributed by atoms with Gasteiger partial charge in [0.1, 0.15) is 23.0 Å². The first-order valence-electron chi connectivity index (χ1n) is 9.55. The first-order chi connectivity index (χ1) is 15.1. The lowest BCUT2D eigenvalue weighted by molar-refractivity contribution is -0.123. The number of esters is 1. The Bertz CT molecular complexity index is 1060. The highest BCUT2D eigenvalue weighted by Gasteiger charge is 2.08. The number of nitrogens with one attached hydrogen (secondary N) is 1. The van der Waals surface area contributed by atoms with E-state index in [1.165, 1.54) is 6.21 Å². The highest BCUT2D eigenvalue weighted by atomic mass is 16.5. The van der Waals surface area contributed by atoms with Gasteiger partial charge in [-0.1, -0.05) is 18.2 Å². The van der Waals surface area contributed by atoms with Crippen LogP contribution < -0.4 is 14.9 Å². The van der Waals surface area contributed by atoms with Crippen LogP contribution in [0.15, 0.2) is 70.2 Å². The van der Waals surface area contributed by atoms with Gasteiger partial charge in [-0.25, -0.2) is 10.2 Å². The molecule has 31 heavy (non-hydrogen) atoms. The molecule has 0 aliphatic heterocycles. The van der Waals surface area contributed by atoms with E-state index in [0.717, 1.165) is 5.56 Å². The van der Waals surface area contributed by atoms with Gasteiger partial charge in [0.25, 0.3) is 5.91 Å². The minimum absolute atomic E-state index is 0.194. The molecule has 0 radical (unpaired) electrons. The van der Waals surface area contributed by atoms with Crippen LogP contribution in [-0.4, -0.2) is 38.4 Å². The van der Waals surface area contributed by atoms with E-state index in [9.17, 15) is 9.59 Å². The Labute approximate surface area is 179 Å². The summed E-state index contributed by atoms with van der Waals surface area (Å²) in [6.45, 7) is 1.89. The van der Waals surface area contributed by atoms with Crippen molar-refractivity contribution in [1.82, 2.24) is 5.43 Å². The molecule has 3 aromatic rings. The van der Waals surface area contributed by atoms with Crippen LogP contribution >= 0.6 is 0 Å². The minimum atomic E-state index is -0.416. The first-order valence-corrected chi connectivity index (χ1v) is 9.55. The van der Waals surface area contributed by atoms with Gasteiger partial charge in [-0.05, 0) is 43.3 Å². The van der Waals surface area contributed by atoms with Crippen LogP contribution in [0.5, 0.6) is 11.5 Å². The number of carbonyl (C=O) groups is 2. The second kappa shape index (κ2) is 10.6. The average molecular weight is 422 g/mol. The zero-order valence-electron chi connectivity index (χ0n) is 17.2. The summed E-state index contributed by atoms with van der Waals surface area (Å²) in [4.78, 5) is 23.6. The van der Waals surface area contributed by atoms with Gasteiger partial charge in [-0.3, -0.25) is 4.79 Å². The monoisotopic (exact) mass is 422 g/mol. The van der Waals surface area contributed by atoms with Gasteiger partial charge in [0, 0.05) is 11.6 Å². The van der Waals surface area contributed by atoms with Gasteiger partial charge in [0.2, 0.25) is 0 Å². The Balaban J connectivity index is 1.51. The van der Waals surface area contributed by atoms with E-state index in [2.05, 4.69) is 10.5 Å². The molecule has 2 aromatic carbocycles. The molecule has 1 aromatic heterocycles. The Morgan fingerprint density at radius 2 is 1.84 bits per heavy atom. The maximum Gasteiger partial charge on any atom is 0.338 e. The second-order valence-corrected chi connectivity index (χ2v) is 6.26. The quantitative estimate of drug-likeness (QED) is 0.321. The van der Waals surface area contributed by atoms with Gasteiger partial charge >= 0.3 is 5.97 Å². The number of methoxy groups -OCH3 is 1. The fraction of sp³-hybridized carbons (Fsp3) is 0.174. The second-order valence-electron chi connectivity index (χ2n) is 6.26. The Kier molecular flexibility index (Phi) is 7.42. The van der Waals surface area contributed by atoms with Crippen molar-refractivity contribution in [2.75, 3.05) is 20.3 Å².